The summed E-state index contributed by atoms with van der Waals surface area (Å²) in [5, 5.41) is 12.1. The van der Waals surface area contributed by atoms with Gasteiger partial charge in [0, 0.05) is 26.2 Å². The fraction of sp³-hybridized carbons (Fsp3) is 0.846. The number of carbonyl (C=O) groups excluding carboxylic acids is 1. The summed E-state index contributed by atoms with van der Waals surface area (Å²) in [5.41, 5.74) is 5.73. The zero-order valence-corrected chi connectivity index (χ0v) is 12.8. The number of thioether (sulfide) groups is 1. The lowest BCUT2D eigenvalue weighted by Gasteiger charge is -2.39. The second-order valence-corrected chi connectivity index (χ2v) is 6.62. The largest absolute Gasteiger partial charge is 0.409 e. The van der Waals surface area contributed by atoms with Crippen LogP contribution in [0.5, 0.6) is 0 Å². The van der Waals surface area contributed by atoms with E-state index in [2.05, 4.69) is 10.1 Å². The van der Waals surface area contributed by atoms with E-state index >= 15 is 0 Å². The molecule has 2 rings (SSSR count). The second kappa shape index (κ2) is 7.17. The normalized spacial score (nSPS) is 26.8. The monoisotopic (exact) mass is 300 g/mol. The van der Waals surface area contributed by atoms with Crippen molar-refractivity contribution in [1.29, 1.82) is 0 Å². The average molecular weight is 300 g/mol. The standard InChI is InChI=1S/C13H24N4O2S/c1-2-10(12(14)15-19)16-5-7-17(8-6-16)13(18)11-4-3-9-20-11/h10-11,19H,2-9H2,1H3,(H2,14,15). The third-order valence-corrected chi connectivity index (χ3v) is 5.48. The number of carbonyl (C=O) groups is 1. The highest BCUT2D eigenvalue weighted by molar-refractivity contribution is 8.00. The molecule has 0 radical (unpaired) electrons. The zero-order chi connectivity index (χ0) is 14.5. The van der Waals surface area contributed by atoms with Crippen LogP contribution in [-0.2, 0) is 4.79 Å². The first-order valence-electron chi connectivity index (χ1n) is 7.29. The Morgan fingerprint density at radius 3 is 2.65 bits per heavy atom. The van der Waals surface area contributed by atoms with Gasteiger partial charge in [-0.25, -0.2) is 0 Å². The van der Waals surface area contributed by atoms with Gasteiger partial charge in [-0.2, -0.15) is 0 Å². The third-order valence-electron chi connectivity index (χ3n) is 4.12. The summed E-state index contributed by atoms with van der Waals surface area (Å²) >= 11 is 1.79. The maximum Gasteiger partial charge on any atom is 0.235 e. The first-order chi connectivity index (χ1) is 9.67. The molecule has 7 heteroatoms. The van der Waals surface area contributed by atoms with Crippen molar-refractivity contribution in [1.82, 2.24) is 9.80 Å². The molecule has 0 aromatic carbocycles. The fourth-order valence-electron chi connectivity index (χ4n) is 2.95. The van der Waals surface area contributed by atoms with Crippen LogP contribution in [0.1, 0.15) is 26.2 Å². The molecular weight excluding hydrogens is 276 g/mol. The van der Waals surface area contributed by atoms with Crippen molar-refractivity contribution in [2.75, 3.05) is 31.9 Å². The van der Waals surface area contributed by atoms with E-state index in [4.69, 9.17) is 10.9 Å². The van der Waals surface area contributed by atoms with Crippen LogP contribution in [0, 0.1) is 0 Å². The topological polar surface area (TPSA) is 82.2 Å². The van der Waals surface area contributed by atoms with Crippen LogP contribution in [0.15, 0.2) is 5.16 Å². The molecule has 2 fully saturated rings. The molecular formula is C13H24N4O2S. The summed E-state index contributed by atoms with van der Waals surface area (Å²) in [5.74, 6) is 1.67. The Bertz CT molecular complexity index is 363. The zero-order valence-electron chi connectivity index (χ0n) is 12.0. The van der Waals surface area contributed by atoms with Crippen LogP contribution in [0.25, 0.3) is 0 Å². The summed E-state index contributed by atoms with van der Waals surface area (Å²) in [7, 11) is 0. The van der Waals surface area contributed by atoms with Gasteiger partial charge in [-0.1, -0.05) is 12.1 Å². The van der Waals surface area contributed by atoms with Crippen molar-refractivity contribution in [3.63, 3.8) is 0 Å². The van der Waals surface area contributed by atoms with E-state index in [1.54, 1.807) is 11.8 Å². The van der Waals surface area contributed by atoms with Crippen molar-refractivity contribution < 1.29 is 10.0 Å². The Kier molecular flexibility index (Phi) is 5.54. The van der Waals surface area contributed by atoms with Crippen LogP contribution >= 0.6 is 11.8 Å². The summed E-state index contributed by atoms with van der Waals surface area (Å²) in [6, 6.07) is -0.0295. The number of amidine groups is 1. The lowest BCUT2D eigenvalue weighted by molar-refractivity contribution is -0.132. The highest BCUT2D eigenvalue weighted by Gasteiger charge is 2.32. The number of oxime groups is 1. The Labute approximate surface area is 124 Å². The summed E-state index contributed by atoms with van der Waals surface area (Å²) in [6.45, 7) is 5.08. The number of rotatable bonds is 4. The molecule has 1 amide bonds. The van der Waals surface area contributed by atoms with Crippen molar-refractivity contribution in [2.24, 2.45) is 10.9 Å². The van der Waals surface area contributed by atoms with Crippen molar-refractivity contribution >= 4 is 23.5 Å². The number of nitrogens with zero attached hydrogens (tertiary/aromatic N) is 3. The molecule has 0 aromatic heterocycles. The first-order valence-corrected chi connectivity index (χ1v) is 8.34. The molecule has 3 N–H and O–H groups in total. The van der Waals surface area contributed by atoms with Crippen LogP contribution in [0.4, 0.5) is 0 Å². The minimum atomic E-state index is -0.0295. The van der Waals surface area contributed by atoms with Crippen molar-refractivity contribution in [3.05, 3.63) is 0 Å². The van der Waals surface area contributed by atoms with E-state index in [1.165, 1.54) is 0 Å². The van der Waals surface area contributed by atoms with E-state index in [0.717, 1.165) is 51.2 Å². The quantitative estimate of drug-likeness (QED) is 0.343. The van der Waals surface area contributed by atoms with Crippen LogP contribution in [0.2, 0.25) is 0 Å². The van der Waals surface area contributed by atoms with Crippen molar-refractivity contribution in [3.8, 4) is 0 Å². The SMILES string of the molecule is CCC(C(N)=NO)N1CCN(C(=O)C2CCCS2)CC1. The molecule has 114 valence electrons. The van der Waals surface area contributed by atoms with Gasteiger partial charge in [0.15, 0.2) is 5.84 Å². The molecule has 2 aliphatic rings. The maximum absolute atomic E-state index is 12.3. The predicted octanol–water partition coefficient (Wildman–Crippen LogP) is 0.551. The minimum absolute atomic E-state index is 0.0295. The van der Waals surface area contributed by atoms with Gasteiger partial charge in [0.25, 0.3) is 0 Å². The van der Waals surface area contributed by atoms with Crippen molar-refractivity contribution in [2.45, 2.75) is 37.5 Å². The summed E-state index contributed by atoms with van der Waals surface area (Å²) in [4.78, 5) is 16.5. The van der Waals surface area contributed by atoms with E-state index in [-0.39, 0.29) is 17.1 Å². The lowest BCUT2D eigenvalue weighted by Crippen LogP contribution is -2.56. The molecule has 2 heterocycles. The van der Waals surface area contributed by atoms with Gasteiger partial charge in [-0.05, 0) is 25.0 Å². The van der Waals surface area contributed by atoms with Gasteiger partial charge >= 0.3 is 0 Å². The van der Waals surface area contributed by atoms with E-state index in [0.29, 0.717) is 5.91 Å². The fourth-order valence-corrected chi connectivity index (χ4v) is 4.19. The van der Waals surface area contributed by atoms with Crippen LogP contribution < -0.4 is 5.73 Å². The molecule has 2 aliphatic heterocycles. The molecule has 2 unspecified atom stereocenters. The Hall–Kier alpha value is -0.950. The Balaban J connectivity index is 1.86. The molecule has 2 saturated heterocycles. The number of amides is 1. The Morgan fingerprint density at radius 1 is 1.45 bits per heavy atom. The number of nitrogens with two attached hydrogens (primary N) is 1. The molecule has 2 atom stereocenters. The Morgan fingerprint density at radius 2 is 2.15 bits per heavy atom. The number of hydrogen-bond donors (Lipinski definition) is 2. The number of piperazine rings is 1. The lowest BCUT2D eigenvalue weighted by atomic mass is 10.1. The minimum Gasteiger partial charge on any atom is -0.409 e. The second-order valence-electron chi connectivity index (χ2n) is 5.31. The molecule has 0 saturated carbocycles. The highest BCUT2D eigenvalue weighted by Crippen LogP contribution is 2.28. The molecule has 0 bridgehead atoms. The van der Waals surface area contributed by atoms with Gasteiger partial charge in [-0.3, -0.25) is 9.69 Å². The van der Waals surface area contributed by atoms with E-state index < -0.39 is 0 Å². The smallest absolute Gasteiger partial charge is 0.235 e. The van der Waals surface area contributed by atoms with Gasteiger partial charge < -0.3 is 15.8 Å². The molecule has 6 nitrogen and oxygen atoms in total. The maximum atomic E-state index is 12.3. The molecule has 0 spiro atoms. The van der Waals surface area contributed by atoms with E-state index in [1.807, 2.05) is 11.8 Å². The molecule has 0 aliphatic carbocycles. The summed E-state index contributed by atoms with van der Waals surface area (Å²) < 4.78 is 0. The first kappa shape index (κ1) is 15.4. The van der Waals surface area contributed by atoms with Crippen LogP contribution in [0.3, 0.4) is 0 Å². The average Bonchev–Trinajstić information content (AvgIpc) is 3.02. The van der Waals surface area contributed by atoms with Gasteiger partial charge in [0.2, 0.25) is 5.91 Å². The van der Waals surface area contributed by atoms with E-state index in [9.17, 15) is 4.79 Å². The summed E-state index contributed by atoms with van der Waals surface area (Å²) in [6.07, 6.45) is 2.98. The van der Waals surface area contributed by atoms with Gasteiger partial charge in [0.1, 0.15) is 0 Å². The van der Waals surface area contributed by atoms with Gasteiger partial charge in [0.05, 0.1) is 11.3 Å². The van der Waals surface area contributed by atoms with Crippen LogP contribution in [-0.4, -0.2) is 70.0 Å². The van der Waals surface area contributed by atoms with Gasteiger partial charge in [-0.15, -0.1) is 11.8 Å². The molecule has 0 aromatic rings. The molecule has 20 heavy (non-hydrogen) atoms. The highest BCUT2D eigenvalue weighted by atomic mass is 32.2. The predicted molar refractivity (Wildman–Crippen MR) is 81.1 cm³/mol. The number of hydrogen-bond acceptors (Lipinski definition) is 5. The third kappa shape index (κ3) is 3.38.